The number of rotatable bonds is 5. The minimum Gasteiger partial charge on any atom is -0.355 e. The number of ketones is 1. The Morgan fingerprint density at radius 1 is 1.25 bits per heavy atom. The summed E-state index contributed by atoms with van der Waals surface area (Å²) in [6, 6.07) is 6.75. The van der Waals surface area contributed by atoms with Gasteiger partial charge in [-0.2, -0.15) is 0 Å². The summed E-state index contributed by atoms with van der Waals surface area (Å²) < 4.78 is 26.0. The van der Waals surface area contributed by atoms with E-state index in [9.17, 15) is 22.8 Å². The molecule has 2 amide bonds. The van der Waals surface area contributed by atoms with Crippen molar-refractivity contribution in [3.05, 3.63) is 29.8 Å². The number of para-hydroxylation sites is 1. The molecule has 28 heavy (non-hydrogen) atoms. The van der Waals surface area contributed by atoms with Crippen LogP contribution in [0.5, 0.6) is 0 Å². The van der Waals surface area contributed by atoms with E-state index < -0.39 is 33.2 Å². The highest BCUT2D eigenvalue weighted by atomic mass is 32.2. The molecule has 2 aliphatic heterocycles. The van der Waals surface area contributed by atoms with E-state index in [0.29, 0.717) is 24.3 Å². The van der Waals surface area contributed by atoms with Crippen LogP contribution in [0.1, 0.15) is 30.1 Å². The van der Waals surface area contributed by atoms with E-state index in [-0.39, 0.29) is 24.0 Å². The van der Waals surface area contributed by atoms with Gasteiger partial charge in [0.2, 0.25) is 21.8 Å². The van der Waals surface area contributed by atoms with E-state index in [1.807, 2.05) is 0 Å². The lowest BCUT2D eigenvalue weighted by molar-refractivity contribution is -0.125. The second-order valence-corrected chi connectivity index (χ2v) is 9.90. The van der Waals surface area contributed by atoms with Crippen molar-refractivity contribution in [2.75, 3.05) is 30.7 Å². The van der Waals surface area contributed by atoms with Crippen LogP contribution in [-0.2, 0) is 19.6 Å². The van der Waals surface area contributed by atoms with Crippen molar-refractivity contribution in [3.8, 4) is 0 Å². The predicted molar refractivity (Wildman–Crippen MR) is 102 cm³/mol. The number of sulfonamides is 1. The fraction of sp³-hybridized carbons (Fsp3) is 0.526. The Kier molecular flexibility index (Phi) is 4.54. The maximum absolute atomic E-state index is 13.0. The number of anilines is 1. The van der Waals surface area contributed by atoms with E-state index in [1.54, 1.807) is 31.2 Å². The summed E-state index contributed by atoms with van der Waals surface area (Å²) in [4.78, 5) is 38.2. The molecule has 8 nitrogen and oxygen atoms in total. The minimum atomic E-state index is -3.40. The fourth-order valence-corrected chi connectivity index (χ4v) is 5.87. The van der Waals surface area contributed by atoms with Crippen molar-refractivity contribution in [2.45, 2.75) is 19.8 Å². The van der Waals surface area contributed by atoms with Crippen LogP contribution in [0, 0.1) is 17.3 Å². The molecule has 1 aromatic carbocycles. The van der Waals surface area contributed by atoms with Gasteiger partial charge in [0.15, 0.2) is 5.78 Å². The first-order valence-electron chi connectivity index (χ1n) is 9.47. The number of nitrogens with zero attached hydrogens (tertiary/aromatic N) is 1. The van der Waals surface area contributed by atoms with Crippen LogP contribution in [0.25, 0.3) is 0 Å². The highest BCUT2D eigenvalue weighted by Gasteiger charge is 2.73. The maximum Gasteiger partial charge on any atom is 0.229 e. The topological polar surface area (TPSA) is 113 Å². The van der Waals surface area contributed by atoms with E-state index in [1.165, 1.54) is 4.31 Å². The number of amides is 2. The molecule has 4 rings (SSSR count). The monoisotopic (exact) mass is 405 g/mol. The number of carbonyl (C=O) groups excluding carboxylic acids is 3. The lowest BCUT2D eigenvalue weighted by Gasteiger charge is -2.16. The van der Waals surface area contributed by atoms with Crippen LogP contribution in [-0.4, -0.2) is 55.7 Å². The van der Waals surface area contributed by atoms with Crippen molar-refractivity contribution in [3.63, 3.8) is 0 Å². The van der Waals surface area contributed by atoms with E-state index in [4.69, 9.17) is 0 Å². The van der Waals surface area contributed by atoms with Gasteiger partial charge in [0.05, 0.1) is 28.7 Å². The smallest absolute Gasteiger partial charge is 0.229 e. The van der Waals surface area contributed by atoms with Crippen molar-refractivity contribution in [1.82, 2.24) is 9.62 Å². The van der Waals surface area contributed by atoms with Crippen LogP contribution in [0.4, 0.5) is 5.69 Å². The molecular weight excluding hydrogens is 382 g/mol. The summed E-state index contributed by atoms with van der Waals surface area (Å²) in [6.45, 7) is 2.64. The highest BCUT2D eigenvalue weighted by Crippen LogP contribution is 2.62. The minimum absolute atomic E-state index is 0.0383. The average Bonchev–Trinajstić information content (AvgIpc) is 3.03. The van der Waals surface area contributed by atoms with Crippen molar-refractivity contribution < 1.29 is 22.8 Å². The average molecular weight is 405 g/mol. The first kappa shape index (κ1) is 19.1. The summed E-state index contributed by atoms with van der Waals surface area (Å²) in [7, 11) is -3.40. The lowest BCUT2D eigenvalue weighted by atomic mass is 9.92. The largest absolute Gasteiger partial charge is 0.355 e. The summed E-state index contributed by atoms with van der Waals surface area (Å²) in [5, 5.41) is 5.34. The Balaban J connectivity index is 1.44. The number of hydrogen-bond acceptors (Lipinski definition) is 5. The van der Waals surface area contributed by atoms with Gasteiger partial charge in [-0.3, -0.25) is 14.4 Å². The van der Waals surface area contributed by atoms with Gasteiger partial charge in [-0.25, -0.2) is 12.7 Å². The first-order chi connectivity index (χ1) is 13.3. The third-order valence-electron chi connectivity index (χ3n) is 6.12. The molecule has 9 heteroatoms. The molecule has 1 aromatic rings. The molecule has 1 saturated carbocycles. The molecule has 0 spiro atoms. The van der Waals surface area contributed by atoms with E-state index in [0.717, 1.165) is 12.8 Å². The lowest BCUT2D eigenvalue weighted by Crippen LogP contribution is -2.37. The standard InChI is InChI=1S/C19H23N3O5S/c1-19-14(17(24)20-8-11-28(26,27)22-9-4-5-10-22)15(19)18(25)21-13-7-3-2-6-12(13)16(19)23/h2-3,6-7,14-15H,4-5,8-11H2,1H3,(H,20,24)(H,21,25)/t14-,15+,19+/m0/s1. The zero-order valence-corrected chi connectivity index (χ0v) is 16.4. The van der Waals surface area contributed by atoms with Gasteiger partial charge >= 0.3 is 0 Å². The number of benzene rings is 1. The van der Waals surface area contributed by atoms with E-state index >= 15 is 0 Å². The molecule has 0 aromatic heterocycles. The number of carbonyl (C=O) groups is 3. The second kappa shape index (κ2) is 6.66. The zero-order valence-electron chi connectivity index (χ0n) is 15.6. The number of fused-ring (bicyclic) bond motifs is 2. The molecule has 2 fully saturated rings. The van der Waals surface area contributed by atoms with Crippen molar-refractivity contribution in [2.24, 2.45) is 17.3 Å². The quantitative estimate of drug-likeness (QED) is 0.746. The number of hydrogen-bond donors (Lipinski definition) is 2. The SMILES string of the molecule is C[C@]12C(=O)c3ccccc3NC(=O)[C@H]1[C@H]2C(=O)NCCS(=O)(=O)N1CCCC1. The van der Waals surface area contributed by atoms with Crippen LogP contribution >= 0.6 is 0 Å². The van der Waals surface area contributed by atoms with Gasteiger partial charge < -0.3 is 10.6 Å². The van der Waals surface area contributed by atoms with Crippen LogP contribution in [0.15, 0.2) is 24.3 Å². The fourth-order valence-electron chi connectivity index (χ4n) is 4.44. The maximum atomic E-state index is 13.0. The molecule has 0 bridgehead atoms. The summed E-state index contributed by atoms with van der Waals surface area (Å²) in [6.07, 6.45) is 1.71. The summed E-state index contributed by atoms with van der Waals surface area (Å²) >= 11 is 0. The molecule has 1 saturated heterocycles. The third-order valence-corrected chi connectivity index (χ3v) is 7.99. The molecule has 150 valence electrons. The van der Waals surface area contributed by atoms with Gasteiger partial charge in [-0.1, -0.05) is 19.1 Å². The Hall–Kier alpha value is -2.26. The van der Waals surface area contributed by atoms with Crippen LogP contribution < -0.4 is 10.6 Å². The number of nitrogens with one attached hydrogen (secondary N) is 2. The molecule has 3 aliphatic rings. The van der Waals surface area contributed by atoms with Crippen molar-refractivity contribution in [1.29, 1.82) is 0 Å². The zero-order chi connectivity index (χ0) is 20.1. The highest BCUT2D eigenvalue weighted by molar-refractivity contribution is 7.89. The molecular formula is C19H23N3O5S. The first-order valence-corrected chi connectivity index (χ1v) is 11.1. The van der Waals surface area contributed by atoms with Gasteiger partial charge in [0.25, 0.3) is 0 Å². The van der Waals surface area contributed by atoms with Crippen LogP contribution in [0.3, 0.4) is 0 Å². The van der Waals surface area contributed by atoms with Gasteiger partial charge in [0, 0.05) is 25.2 Å². The molecule has 2 heterocycles. The predicted octanol–water partition coefficient (Wildman–Crippen LogP) is 0.616. The normalized spacial score (nSPS) is 29.5. The summed E-state index contributed by atoms with van der Waals surface area (Å²) in [5.41, 5.74) is -0.247. The van der Waals surface area contributed by atoms with E-state index in [2.05, 4.69) is 10.6 Å². The molecule has 2 N–H and O–H groups in total. The van der Waals surface area contributed by atoms with Gasteiger partial charge in [-0.05, 0) is 25.0 Å². The molecule has 1 aliphatic carbocycles. The van der Waals surface area contributed by atoms with Gasteiger partial charge in [-0.15, -0.1) is 0 Å². The molecule has 3 atom stereocenters. The van der Waals surface area contributed by atoms with Crippen LogP contribution in [0.2, 0.25) is 0 Å². The van der Waals surface area contributed by atoms with Crippen molar-refractivity contribution >= 4 is 33.3 Å². The second-order valence-electron chi connectivity index (χ2n) is 7.82. The van der Waals surface area contributed by atoms with Gasteiger partial charge in [0.1, 0.15) is 0 Å². The Bertz CT molecular complexity index is 954. The summed E-state index contributed by atoms with van der Waals surface area (Å²) in [5.74, 6) is -2.77. The molecule has 0 radical (unpaired) electrons. The third kappa shape index (κ3) is 2.93. The Morgan fingerprint density at radius 3 is 2.64 bits per heavy atom. The number of Topliss-reactive ketones (excluding diaryl/α,β-unsaturated/α-hetero) is 1. The Labute approximate surface area is 163 Å². The molecule has 0 unspecified atom stereocenters. The Morgan fingerprint density at radius 2 is 1.93 bits per heavy atom.